The van der Waals surface area contributed by atoms with E-state index in [2.05, 4.69) is 21.3 Å². The summed E-state index contributed by atoms with van der Waals surface area (Å²) in [6, 6.07) is 3.74. The fraction of sp³-hybridized carbons (Fsp3) is 0.529. The largest absolute Gasteiger partial charge is 0.345 e. The van der Waals surface area contributed by atoms with E-state index in [9.17, 15) is 4.79 Å². The van der Waals surface area contributed by atoms with Crippen molar-refractivity contribution in [2.75, 3.05) is 13.1 Å². The molecule has 4 rings (SSSR count). The topological polar surface area (TPSA) is 90.6 Å². The van der Waals surface area contributed by atoms with Crippen LogP contribution in [-0.2, 0) is 7.05 Å². The summed E-state index contributed by atoms with van der Waals surface area (Å²) < 4.78 is 1.72. The van der Waals surface area contributed by atoms with Crippen molar-refractivity contribution < 1.29 is 4.79 Å². The molecule has 2 aromatic heterocycles. The van der Waals surface area contributed by atoms with E-state index in [-0.39, 0.29) is 11.8 Å². The van der Waals surface area contributed by atoms with Gasteiger partial charge in [-0.25, -0.2) is 4.98 Å². The maximum absolute atomic E-state index is 12.8. The number of aromatic amines is 1. The lowest BCUT2D eigenvalue weighted by Gasteiger charge is -2.31. The molecule has 2 aliphatic rings. The molecule has 2 fully saturated rings. The molecule has 1 N–H and O–H groups in total. The van der Waals surface area contributed by atoms with Crippen molar-refractivity contribution in [1.82, 2.24) is 24.6 Å². The zero-order valence-electron chi connectivity index (χ0n) is 13.7. The van der Waals surface area contributed by atoms with Gasteiger partial charge in [0.1, 0.15) is 17.6 Å². The van der Waals surface area contributed by atoms with Crippen LogP contribution in [-0.4, -0.2) is 43.6 Å². The first-order chi connectivity index (χ1) is 11.7. The first-order valence-electron chi connectivity index (χ1n) is 8.43. The van der Waals surface area contributed by atoms with Crippen molar-refractivity contribution in [2.45, 2.75) is 37.5 Å². The van der Waals surface area contributed by atoms with Gasteiger partial charge >= 0.3 is 0 Å². The molecule has 0 radical (unpaired) electrons. The molecule has 2 aromatic rings. The number of nitrogens with zero attached hydrogens (tertiary/aromatic N) is 5. The van der Waals surface area contributed by atoms with Crippen LogP contribution in [0, 0.1) is 11.3 Å². The van der Waals surface area contributed by atoms with Gasteiger partial charge in [0.05, 0.1) is 5.56 Å². The number of likely N-dealkylation sites (tertiary alicyclic amines) is 1. The van der Waals surface area contributed by atoms with Crippen LogP contribution >= 0.6 is 0 Å². The van der Waals surface area contributed by atoms with Gasteiger partial charge in [0.25, 0.3) is 5.91 Å². The molecule has 1 unspecified atom stereocenters. The number of nitriles is 1. The maximum Gasteiger partial charge on any atom is 0.270 e. The standard InChI is InChI=1S/C17H20N6O/c1-22-9-11(8-18)7-14(22)17(24)23-6-2-3-13(10-23)16-19-15(20-21-16)12-4-5-12/h7,9,12-13H,2-6,10H2,1H3,(H,19,20,21). The van der Waals surface area contributed by atoms with E-state index in [4.69, 9.17) is 5.26 Å². The second kappa shape index (κ2) is 5.78. The van der Waals surface area contributed by atoms with Gasteiger partial charge in [0, 0.05) is 38.2 Å². The Morgan fingerprint density at radius 1 is 1.38 bits per heavy atom. The second-order valence-corrected chi connectivity index (χ2v) is 6.78. The third kappa shape index (κ3) is 2.68. The van der Waals surface area contributed by atoms with Crippen LogP contribution in [0.2, 0.25) is 0 Å². The van der Waals surface area contributed by atoms with Crippen molar-refractivity contribution >= 4 is 5.91 Å². The summed E-state index contributed by atoms with van der Waals surface area (Å²) >= 11 is 0. The van der Waals surface area contributed by atoms with Crippen LogP contribution < -0.4 is 0 Å². The summed E-state index contributed by atoms with van der Waals surface area (Å²) in [6.45, 7) is 1.37. The van der Waals surface area contributed by atoms with E-state index < -0.39 is 0 Å². The van der Waals surface area contributed by atoms with Crippen LogP contribution in [0.15, 0.2) is 12.3 Å². The normalized spacial score (nSPS) is 20.8. The third-order valence-electron chi connectivity index (χ3n) is 4.91. The Kier molecular flexibility index (Phi) is 3.60. The van der Waals surface area contributed by atoms with Gasteiger partial charge in [-0.15, -0.1) is 0 Å². The predicted octanol–water partition coefficient (Wildman–Crippen LogP) is 1.91. The fourth-order valence-corrected chi connectivity index (χ4v) is 3.38. The summed E-state index contributed by atoms with van der Waals surface area (Å²) in [7, 11) is 1.80. The first kappa shape index (κ1) is 14.9. The SMILES string of the molecule is Cn1cc(C#N)cc1C(=O)N1CCCC(c2n[nH]c(C3CC3)n2)C1. The Labute approximate surface area is 140 Å². The van der Waals surface area contributed by atoms with Crippen LogP contribution in [0.3, 0.4) is 0 Å². The summed E-state index contributed by atoms with van der Waals surface area (Å²) in [6.07, 6.45) is 6.02. The lowest BCUT2D eigenvalue weighted by molar-refractivity contribution is 0.0695. The van der Waals surface area contributed by atoms with Crippen molar-refractivity contribution in [3.8, 4) is 6.07 Å². The zero-order valence-corrected chi connectivity index (χ0v) is 13.7. The number of carbonyl (C=O) groups excluding carboxylic acids is 1. The molecule has 1 saturated heterocycles. The average molecular weight is 324 g/mol. The molecule has 1 atom stereocenters. The lowest BCUT2D eigenvalue weighted by Crippen LogP contribution is -2.40. The molecule has 1 saturated carbocycles. The number of aromatic nitrogens is 4. The molecule has 3 heterocycles. The van der Waals surface area contributed by atoms with Crippen molar-refractivity contribution in [1.29, 1.82) is 5.26 Å². The summed E-state index contributed by atoms with van der Waals surface area (Å²) in [5.74, 6) is 2.54. The van der Waals surface area contributed by atoms with E-state index in [1.807, 2.05) is 4.90 Å². The Bertz CT molecular complexity index is 809. The zero-order chi connectivity index (χ0) is 16.7. The molecule has 0 bridgehead atoms. The molecule has 7 heteroatoms. The second-order valence-electron chi connectivity index (χ2n) is 6.78. The van der Waals surface area contributed by atoms with Crippen molar-refractivity contribution in [2.24, 2.45) is 7.05 Å². The number of rotatable bonds is 3. The molecule has 1 amide bonds. The van der Waals surface area contributed by atoms with Crippen molar-refractivity contribution in [3.63, 3.8) is 0 Å². The highest BCUT2D eigenvalue weighted by molar-refractivity contribution is 5.93. The highest BCUT2D eigenvalue weighted by Gasteiger charge is 2.31. The van der Waals surface area contributed by atoms with Crippen LogP contribution in [0.1, 0.15) is 65.2 Å². The quantitative estimate of drug-likeness (QED) is 0.933. The van der Waals surface area contributed by atoms with Gasteiger partial charge in [-0.3, -0.25) is 9.89 Å². The molecule has 1 aliphatic heterocycles. The van der Waals surface area contributed by atoms with E-state index in [0.29, 0.717) is 23.7 Å². The molecule has 124 valence electrons. The number of hydrogen-bond donors (Lipinski definition) is 1. The summed E-state index contributed by atoms with van der Waals surface area (Å²) in [5, 5.41) is 16.4. The van der Waals surface area contributed by atoms with Crippen molar-refractivity contribution in [3.05, 3.63) is 35.2 Å². The van der Waals surface area contributed by atoms with Gasteiger partial charge in [0.2, 0.25) is 0 Å². The van der Waals surface area contributed by atoms with Gasteiger partial charge in [-0.1, -0.05) is 0 Å². The van der Waals surface area contributed by atoms with Gasteiger partial charge in [0.15, 0.2) is 5.82 Å². The van der Waals surface area contributed by atoms with E-state index in [1.165, 1.54) is 12.8 Å². The number of amides is 1. The molecular weight excluding hydrogens is 304 g/mol. The van der Waals surface area contributed by atoms with Gasteiger partial charge in [-0.2, -0.15) is 10.4 Å². The number of hydrogen-bond acceptors (Lipinski definition) is 4. The summed E-state index contributed by atoms with van der Waals surface area (Å²) in [4.78, 5) is 19.3. The maximum atomic E-state index is 12.8. The Balaban J connectivity index is 1.50. The van der Waals surface area contributed by atoms with Gasteiger partial charge in [-0.05, 0) is 31.7 Å². The molecule has 1 aliphatic carbocycles. The van der Waals surface area contributed by atoms with E-state index in [1.54, 1.807) is 23.9 Å². The fourth-order valence-electron chi connectivity index (χ4n) is 3.38. The molecule has 24 heavy (non-hydrogen) atoms. The molecule has 0 aromatic carbocycles. The number of nitrogens with one attached hydrogen (secondary N) is 1. The van der Waals surface area contributed by atoms with E-state index >= 15 is 0 Å². The van der Waals surface area contributed by atoms with Crippen LogP contribution in [0.4, 0.5) is 0 Å². The monoisotopic (exact) mass is 324 g/mol. The highest BCUT2D eigenvalue weighted by atomic mass is 16.2. The predicted molar refractivity (Wildman–Crippen MR) is 86.4 cm³/mol. The lowest BCUT2D eigenvalue weighted by atomic mass is 9.97. The van der Waals surface area contributed by atoms with E-state index in [0.717, 1.165) is 31.0 Å². The Hall–Kier alpha value is -2.62. The minimum Gasteiger partial charge on any atom is -0.345 e. The number of H-pyrrole nitrogens is 1. The molecular formula is C17H20N6O. The van der Waals surface area contributed by atoms with Crippen LogP contribution in [0.5, 0.6) is 0 Å². The minimum atomic E-state index is -0.0262. The third-order valence-corrected chi connectivity index (χ3v) is 4.91. The van der Waals surface area contributed by atoms with Gasteiger partial charge < -0.3 is 9.47 Å². The molecule has 7 nitrogen and oxygen atoms in total. The minimum absolute atomic E-state index is 0.0262. The smallest absolute Gasteiger partial charge is 0.270 e. The average Bonchev–Trinajstić information content (AvgIpc) is 3.21. The Morgan fingerprint density at radius 2 is 2.21 bits per heavy atom. The summed E-state index contributed by atoms with van der Waals surface area (Å²) in [5.41, 5.74) is 1.07. The van der Waals surface area contributed by atoms with Crippen LogP contribution in [0.25, 0.3) is 0 Å². The number of piperidine rings is 1. The highest BCUT2D eigenvalue weighted by Crippen LogP contribution is 2.38. The molecule has 0 spiro atoms. The first-order valence-corrected chi connectivity index (χ1v) is 8.43. The number of aryl methyl sites for hydroxylation is 1. The number of carbonyl (C=O) groups is 1. The Morgan fingerprint density at radius 3 is 2.92 bits per heavy atom.